The molecule has 0 aliphatic heterocycles. The highest BCUT2D eigenvalue weighted by Crippen LogP contribution is 2.54. The molecule has 0 heterocycles. The number of hydrogen-bond acceptors (Lipinski definition) is 1. The lowest BCUT2D eigenvalue weighted by atomic mass is 10.1. The van der Waals surface area contributed by atoms with E-state index in [9.17, 15) is 0 Å². The van der Waals surface area contributed by atoms with Crippen LogP contribution in [0.4, 0.5) is 0 Å². The quantitative estimate of drug-likeness (QED) is 0.624. The molecule has 1 nitrogen and oxygen atoms in total. The van der Waals surface area contributed by atoms with E-state index in [1.807, 2.05) is 0 Å². The summed E-state index contributed by atoms with van der Waals surface area (Å²) in [5.41, 5.74) is 0. The molecule has 0 spiro atoms. The van der Waals surface area contributed by atoms with Gasteiger partial charge in [0.2, 0.25) is 0 Å². The van der Waals surface area contributed by atoms with Crippen LogP contribution in [0, 0.1) is 17.8 Å². The second-order valence-corrected chi connectivity index (χ2v) is 4.13. The molecule has 0 aromatic carbocycles. The number of aliphatic hydroxyl groups excluding tert-OH is 1. The van der Waals surface area contributed by atoms with Gasteiger partial charge in [0.05, 0.1) is 0 Å². The highest BCUT2D eigenvalue weighted by atomic mass is 16.3. The van der Waals surface area contributed by atoms with E-state index in [0.717, 1.165) is 24.2 Å². The smallest absolute Gasteiger partial charge is 0.0433 e. The Balaban J connectivity index is 1.85. The van der Waals surface area contributed by atoms with Crippen molar-refractivity contribution in [2.45, 2.75) is 32.1 Å². The maximum atomic E-state index is 8.85. The largest absolute Gasteiger partial charge is 0.396 e. The Hall–Kier alpha value is -0.300. The van der Waals surface area contributed by atoms with Crippen LogP contribution in [-0.4, -0.2) is 11.7 Å². The van der Waals surface area contributed by atoms with Crippen LogP contribution in [0.15, 0.2) is 12.2 Å². The molecule has 1 N–H and O–H groups in total. The molecule has 2 rings (SSSR count). The van der Waals surface area contributed by atoms with Gasteiger partial charge in [-0.1, -0.05) is 12.2 Å². The van der Waals surface area contributed by atoms with Gasteiger partial charge in [0.15, 0.2) is 0 Å². The number of rotatable bonds is 2. The molecule has 1 fully saturated rings. The van der Waals surface area contributed by atoms with Crippen molar-refractivity contribution in [2.75, 3.05) is 6.61 Å². The van der Waals surface area contributed by atoms with Crippen LogP contribution in [0.3, 0.4) is 0 Å². The van der Waals surface area contributed by atoms with Gasteiger partial charge in [-0.05, 0) is 49.9 Å². The van der Waals surface area contributed by atoms with Gasteiger partial charge in [0, 0.05) is 6.61 Å². The fourth-order valence-corrected chi connectivity index (χ4v) is 2.77. The average molecular weight is 166 g/mol. The molecule has 0 amide bonds. The van der Waals surface area contributed by atoms with Crippen LogP contribution in [0.5, 0.6) is 0 Å². The Morgan fingerprint density at radius 2 is 1.67 bits per heavy atom. The predicted octanol–water partition coefficient (Wildman–Crippen LogP) is 2.36. The van der Waals surface area contributed by atoms with Gasteiger partial charge in [-0.3, -0.25) is 0 Å². The van der Waals surface area contributed by atoms with E-state index in [4.69, 9.17) is 5.11 Å². The third-order valence-electron chi connectivity index (χ3n) is 3.47. The molecule has 1 heteroatoms. The zero-order chi connectivity index (χ0) is 8.39. The van der Waals surface area contributed by atoms with Crippen LogP contribution in [0.2, 0.25) is 0 Å². The molecule has 0 saturated heterocycles. The average Bonchev–Trinajstić information content (AvgIpc) is 2.61. The fraction of sp³-hybridized carbons (Fsp3) is 0.818. The number of fused-ring (bicyclic) bond motifs is 1. The lowest BCUT2D eigenvalue weighted by molar-refractivity contribution is 0.274. The Kier molecular flexibility index (Phi) is 2.50. The second kappa shape index (κ2) is 3.61. The summed E-state index contributed by atoms with van der Waals surface area (Å²) in [6.07, 6.45) is 11.0. The van der Waals surface area contributed by atoms with Crippen molar-refractivity contribution in [2.24, 2.45) is 17.8 Å². The third kappa shape index (κ3) is 1.56. The van der Waals surface area contributed by atoms with E-state index in [1.165, 1.54) is 25.7 Å². The molecule has 0 aromatic heterocycles. The summed E-state index contributed by atoms with van der Waals surface area (Å²) in [4.78, 5) is 0. The molecule has 0 radical (unpaired) electrons. The lowest BCUT2D eigenvalue weighted by Crippen LogP contribution is -1.87. The van der Waals surface area contributed by atoms with Crippen LogP contribution >= 0.6 is 0 Å². The molecule has 68 valence electrons. The summed E-state index contributed by atoms with van der Waals surface area (Å²) >= 11 is 0. The van der Waals surface area contributed by atoms with Crippen molar-refractivity contribution < 1.29 is 5.11 Å². The van der Waals surface area contributed by atoms with E-state index in [1.54, 1.807) is 0 Å². The van der Waals surface area contributed by atoms with Crippen LogP contribution in [0.1, 0.15) is 32.1 Å². The first-order valence-corrected chi connectivity index (χ1v) is 5.19. The van der Waals surface area contributed by atoms with Crippen molar-refractivity contribution >= 4 is 0 Å². The first kappa shape index (κ1) is 8.31. The third-order valence-corrected chi connectivity index (χ3v) is 3.47. The number of hydrogen-bond donors (Lipinski definition) is 1. The minimum Gasteiger partial charge on any atom is -0.396 e. The summed E-state index contributed by atoms with van der Waals surface area (Å²) in [5.74, 6) is 2.79. The van der Waals surface area contributed by atoms with Crippen LogP contribution in [-0.2, 0) is 0 Å². The predicted molar refractivity (Wildman–Crippen MR) is 49.8 cm³/mol. The second-order valence-electron chi connectivity index (χ2n) is 4.13. The normalized spacial score (nSPS) is 42.6. The molecule has 0 aromatic rings. The molecular weight excluding hydrogens is 148 g/mol. The van der Waals surface area contributed by atoms with Gasteiger partial charge >= 0.3 is 0 Å². The Labute approximate surface area is 74.5 Å². The van der Waals surface area contributed by atoms with Crippen molar-refractivity contribution in [3.8, 4) is 0 Å². The van der Waals surface area contributed by atoms with Gasteiger partial charge in [0.25, 0.3) is 0 Å². The van der Waals surface area contributed by atoms with Crippen LogP contribution in [0.25, 0.3) is 0 Å². The van der Waals surface area contributed by atoms with Gasteiger partial charge < -0.3 is 5.11 Å². The zero-order valence-electron chi connectivity index (χ0n) is 7.58. The first-order chi connectivity index (χ1) is 5.93. The minimum atomic E-state index is 0.394. The molecule has 2 unspecified atom stereocenters. The molecule has 12 heavy (non-hydrogen) atoms. The van der Waals surface area contributed by atoms with E-state index >= 15 is 0 Å². The molecular formula is C11H18O. The summed E-state index contributed by atoms with van der Waals surface area (Å²) in [7, 11) is 0. The van der Waals surface area contributed by atoms with E-state index in [2.05, 4.69) is 12.2 Å². The fourth-order valence-electron chi connectivity index (χ4n) is 2.77. The van der Waals surface area contributed by atoms with Crippen molar-refractivity contribution in [1.29, 1.82) is 0 Å². The Morgan fingerprint density at radius 3 is 2.17 bits per heavy atom. The summed E-state index contributed by atoms with van der Waals surface area (Å²) < 4.78 is 0. The molecule has 2 aliphatic carbocycles. The monoisotopic (exact) mass is 166 g/mol. The van der Waals surface area contributed by atoms with Gasteiger partial charge in [0.1, 0.15) is 0 Å². The van der Waals surface area contributed by atoms with Gasteiger partial charge in [-0.25, -0.2) is 0 Å². The first-order valence-electron chi connectivity index (χ1n) is 5.19. The van der Waals surface area contributed by atoms with E-state index in [-0.39, 0.29) is 0 Å². The van der Waals surface area contributed by atoms with E-state index in [0.29, 0.717) is 6.61 Å². The molecule has 1 saturated carbocycles. The maximum absolute atomic E-state index is 8.85. The van der Waals surface area contributed by atoms with Gasteiger partial charge in [-0.2, -0.15) is 0 Å². The van der Waals surface area contributed by atoms with E-state index < -0.39 is 0 Å². The Morgan fingerprint density at radius 1 is 1.08 bits per heavy atom. The summed E-state index contributed by atoms with van der Waals surface area (Å²) in [5, 5.41) is 8.85. The Bertz CT molecular complexity index is 158. The number of allylic oxidation sites excluding steroid dienone is 2. The van der Waals surface area contributed by atoms with Crippen LogP contribution < -0.4 is 0 Å². The van der Waals surface area contributed by atoms with Crippen molar-refractivity contribution in [3.63, 3.8) is 0 Å². The molecule has 0 bridgehead atoms. The summed E-state index contributed by atoms with van der Waals surface area (Å²) in [6.45, 7) is 0.394. The minimum absolute atomic E-state index is 0.394. The summed E-state index contributed by atoms with van der Waals surface area (Å²) in [6, 6.07) is 0. The topological polar surface area (TPSA) is 20.2 Å². The standard InChI is InChI=1S/C11H18O/c12-8-7-11-9-5-3-1-2-4-6-10(9)11/h1-2,9-12H,3-8H2/b2-1-. The van der Waals surface area contributed by atoms with Gasteiger partial charge in [-0.15, -0.1) is 0 Å². The highest BCUT2D eigenvalue weighted by Gasteiger charge is 2.47. The lowest BCUT2D eigenvalue weighted by Gasteiger charge is -1.99. The highest BCUT2D eigenvalue weighted by molar-refractivity contribution is 5.01. The number of aliphatic hydroxyl groups is 1. The SMILES string of the molecule is OCCC1C2CC/C=C\CCC12. The maximum Gasteiger partial charge on any atom is 0.0433 e. The zero-order valence-corrected chi connectivity index (χ0v) is 7.58. The van der Waals surface area contributed by atoms with Crippen molar-refractivity contribution in [3.05, 3.63) is 12.2 Å². The molecule has 2 aliphatic rings. The van der Waals surface area contributed by atoms with Crippen molar-refractivity contribution in [1.82, 2.24) is 0 Å². The molecule has 2 atom stereocenters.